The van der Waals surface area contributed by atoms with Crippen molar-refractivity contribution < 1.29 is 24.2 Å². The first-order chi connectivity index (χ1) is 17.2. The van der Waals surface area contributed by atoms with Crippen molar-refractivity contribution in [2.24, 2.45) is 0 Å². The van der Waals surface area contributed by atoms with E-state index in [1.807, 2.05) is 0 Å². The zero-order chi connectivity index (χ0) is 26.0. The van der Waals surface area contributed by atoms with Crippen LogP contribution in [0, 0.1) is 0 Å². The van der Waals surface area contributed by atoms with Gasteiger partial charge in [-0.05, 0) is 38.1 Å². The molecule has 0 atom stereocenters. The summed E-state index contributed by atoms with van der Waals surface area (Å²) in [6.45, 7) is 5.88. The Bertz CT molecular complexity index is 1320. The zero-order valence-corrected chi connectivity index (χ0v) is 23.5. The Morgan fingerprint density at radius 2 is 1.97 bits per heavy atom. The van der Waals surface area contributed by atoms with Gasteiger partial charge in [-0.2, -0.15) is 0 Å². The number of aromatic carboxylic acids is 1. The van der Waals surface area contributed by atoms with Crippen LogP contribution in [-0.4, -0.2) is 52.5 Å². The van der Waals surface area contributed by atoms with E-state index >= 15 is 0 Å². The molecule has 2 aromatic heterocycles. The summed E-state index contributed by atoms with van der Waals surface area (Å²) < 4.78 is 5.89. The van der Waals surface area contributed by atoms with E-state index in [0.29, 0.717) is 25.8 Å². The topological polar surface area (TPSA) is 121 Å². The second-order valence-corrected chi connectivity index (χ2v) is 11.3. The molecule has 2 amide bonds. The highest BCUT2D eigenvalue weighted by Gasteiger charge is 2.25. The lowest BCUT2D eigenvalue weighted by Gasteiger charge is -2.29. The van der Waals surface area contributed by atoms with Crippen LogP contribution < -0.4 is 15.4 Å². The Labute approximate surface area is 233 Å². The number of amides is 2. The number of halogens is 2. The number of carbonyl (C=O) groups excluding carboxylic acids is 2. The number of thiophene rings is 1. The van der Waals surface area contributed by atoms with Gasteiger partial charge in [0.25, 0.3) is 11.8 Å². The van der Waals surface area contributed by atoms with Crippen molar-refractivity contribution >= 4 is 70.2 Å². The molecule has 4 rings (SSSR count). The molecule has 1 aliphatic rings. The summed E-state index contributed by atoms with van der Waals surface area (Å²) in [4.78, 5) is 45.8. The summed E-state index contributed by atoms with van der Waals surface area (Å²) in [5.41, 5.74) is 1.51. The van der Waals surface area contributed by atoms with Gasteiger partial charge in [-0.3, -0.25) is 14.5 Å². The predicted octanol–water partition coefficient (Wildman–Crippen LogP) is 4.94. The number of benzene rings is 1. The smallest absolute Gasteiger partial charge is 0.335 e. The van der Waals surface area contributed by atoms with Gasteiger partial charge in [-0.15, -0.1) is 35.1 Å². The van der Waals surface area contributed by atoms with E-state index in [9.17, 15) is 19.5 Å². The summed E-state index contributed by atoms with van der Waals surface area (Å²) in [7, 11) is 1.40. The number of aromatic nitrogens is 1. The summed E-state index contributed by atoms with van der Waals surface area (Å²) in [5, 5.41) is 15.4. The van der Waals surface area contributed by atoms with Crippen molar-refractivity contribution in [1.29, 1.82) is 0 Å². The molecule has 0 unspecified atom stereocenters. The molecule has 1 aliphatic heterocycles. The van der Waals surface area contributed by atoms with Crippen LogP contribution in [0.3, 0.4) is 0 Å². The Morgan fingerprint density at radius 1 is 1.22 bits per heavy atom. The average molecular weight is 586 g/mol. The lowest BCUT2D eigenvalue weighted by Crippen LogP contribution is -2.35. The second kappa shape index (κ2) is 12.2. The third kappa shape index (κ3) is 6.60. The van der Waals surface area contributed by atoms with Gasteiger partial charge in [0.15, 0.2) is 5.01 Å². The van der Waals surface area contributed by atoms with Crippen LogP contribution in [0.5, 0.6) is 5.75 Å². The highest BCUT2D eigenvalue weighted by molar-refractivity contribution is 7.18. The quantitative estimate of drug-likeness (QED) is 0.343. The Hall–Kier alpha value is -2.70. The first-order valence-electron chi connectivity index (χ1n) is 11.2. The number of thiazole rings is 1. The number of nitrogens with one attached hydrogen (secondary N) is 2. The fourth-order valence-corrected chi connectivity index (χ4v) is 5.85. The molecule has 3 aromatic rings. The molecule has 9 nitrogen and oxygen atoms in total. The maximum Gasteiger partial charge on any atom is 0.335 e. The summed E-state index contributed by atoms with van der Waals surface area (Å²) in [5.74, 6) is -1.75. The molecule has 198 valence electrons. The van der Waals surface area contributed by atoms with E-state index in [1.54, 1.807) is 12.1 Å². The normalized spacial score (nSPS) is 13.0. The number of nitrogens with zero attached hydrogens (tertiary/aromatic N) is 2. The van der Waals surface area contributed by atoms with E-state index in [2.05, 4.69) is 34.4 Å². The second-order valence-electron chi connectivity index (χ2n) is 8.45. The minimum absolute atomic E-state index is 0. The van der Waals surface area contributed by atoms with Crippen molar-refractivity contribution in [2.75, 3.05) is 19.0 Å². The van der Waals surface area contributed by atoms with Crippen molar-refractivity contribution in [2.45, 2.75) is 39.4 Å². The molecule has 37 heavy (non-hydrogen) atoms. The number of methoxy groups -OCH3 is 1. The van der Waals surface area contributed by atoms with Crippen LogP contribution in [0.25, 0.3) is 0 Å². The van der Waals surface area contributed by atoms with E-state index in [-0.39, 0.29) is 41.9 Å². The van der Waals surface area contributed by atoms with Crippen LogP contribution in [0.4, 0.5) is 5.69 Å². The van der Waals surface area contributed by atoms with Crippen molar-refractivity contribution in [3.05, 3.63) is 60.2 Å². The number of hydrogen-bond acceptors (Lipinski definition) is 8. The number of carbonyl (C=O) groups is 3. The van der Waals surface area contributed by atoms with Crippen LogP contribution >= 0.6 is 46.7 Å². The molecule has 0 saturated heterocycles. The summed E-state index contributed by atoms with van der Waals surface area (Å²) in [6.07, 6.45) is 0.767. The van der Waals surface area contributed by atoms with E-state index in [0.717, 1.165) is 41.4 Å². The number of rotatable bonds is 8. The molecule has 1 aromatic carbocycles. The number of fused-ring (bicyclic) bond motifs is 1. The molecular weight excluding hydrogens is 559 g/mol. The van der Waals surface area contributed by atoms with Crippen LogP contribution in [0.15, 0.2) is 24.3 Å². The van der Waals surface area contributed by atoms with Gasteiger partial charge in [0.2, 0.25) is 0 Å². The predicted molar refractivity (Wildman–Crippen MR) is 147 cm³/mol. The van der Waals surface area contributed by atoms with E-state index in [4.69, 9.17) is 16.3 Å². The highest BCUT2D eigenvalue weighted by atomic mass is 35.5. The number of carboxylic acid groups (broad SMARTS) is 1. The van der Waals surface area contributed by atoms with Crippen LogP contribution in [0.1, 0.15) is 59.8 Å². The summed E-state index contributed by atoms with van der Waals surface area (Å²) >= 11 is 8.40. The monoisotopic (exact) mass is 584 g/mol. The van der Waals surface area contributed by atoms with Gasteiger partial charge >= 0.3 is 5.97 Å². The van der Waals surface area contributed by atoms with Gasteiger partial charge in [-0.25, -0.2) is 9.78 Å². The van der Waals surface area contributed by atoms with Gasteiger partial charge in [0.1, 0.15) is 5.75 Å². The molecule has 3 N–H and O–H groups in total. The van der Waals surface area contributed by atoms with E-state index in [1.165, 1.54) is 30.6 Å². The minimum Gasteiger partial charge on any atom is -0.496 e. The SMILES string of the molecule is COc1cc(C(=O)O)cc(NC(=O)c2nc3c(s2)CN(C(C)C)CC3)c1CNC(=O)c1ccc(Cl)s1.Cl. The lowest BCUT2D eigenvalue weighted by molar-refractivity contribution is 0.0695. The zero-order valence-electron chi connectivity index (χ0n) is 20.3. The fourth-order valence-electron chi connectivity index (χ4n) is 3.87. The molecule has 0 radical (unpaired) electrons. The molecular formula is C24H26Cl2N4O5S2. The molecule has 0 saturated carbocycles. The maximum atomic E-state index is 13.2. The largest absolute Gasteiger partial charge is 0.496 e. The number of carboxylic acids is 1. The number of hydrogen-bond donors (Lipinski definition) is 3. The van der Waals surface area contributed by atoms with Gasteiger partial charge < -0.3 is 20.5 Å². The number of anilines is 1. The molecule has 0 aliphatic carbocycles. The molecule has 0 bridgehead atoms. The fraction of sp³-hybridized carbons (Fsp3) is 0.333. The third-order valence-corrected chi connectivity index (χ3v) is 8.14. The van der Waals surface area contributed by atoms with Gasteiger partial charge in [0.05, 0.1) is 33.3 Å². The third-order valence-electron chi connectivity index (χ3n) is 5.83. The van der Waals surface area contributed by atoms with Gasteiger partial charge in [-0.1, -0.05) is 11.6 Å². The molecule has 13 heteroatoms. The maximum absolute atomic E-state index is 13.2. The Kier molecular flexibility index (Phi) is 9.54. The first-order valence-corrected chi connectivity index (χ1v) is 13.2. The van der Waals surface area contributed by atoms with Crippen molar-refractivity contribution in [3.8, 4) is 5.75 Å². The first kappa shape index (κ1) is 28.9. The Balaban J connectivity index is 0.00000380. The molecule has 3 heterocycles. The summed E-state index contributed by atoms with van der Waals surface area (Å²) in [6, 6.07) is 6.33. The van der Waals surface area contributed by atoms with Crippen LogP contribution in [-0.2, 0) is 19.5 Å². The van der Waals surface area contributed by atoms with Crippen LogP contribution in [0.2, 0.25) is 4.34 Å². The van der Waals surface area contributed by atoms with Crippen molar-refractivity contribution in [3.63, 3.8) is 0 Å². The van der Waals surface area contributed by atoms with E-state index < -0.39 is 11.9 Å². The number of ether oxygens (including phenoxy) is 1. The highest BCUT2D eigenvalue weighted by Crippen LogP contribution is 2.31. The van der Waals surface area contributed by atoms with Crippen molar-refractivity contribution in [1.82, 2.24) is 15.2 Å². The average Bonchev–Trinajstić information content (AvgIpc) is 3.48. The minimum atomic E-state index is -1.17. The molecule has 0 spiro atoms. The molecule has 0 fully saturated rings. The lowest BCUT2D eigenvalue weighted by atomic mass is 10.1. The standard InChI is InChI=1S/C24H25ClN4O5S2.ClH/c1-12(2)29-7-6-15-19(11-29)36-23(28-15)22(31)27-16-8-13(24(32)33)9-17(34-3)14(16)10-26-21(30)18-4-5-20(25)35-18;/h4-5,8-9,12H,6-7,10-11H2,1-3H3,(H,26,30)(H,27,31)(H,32,33);1H. The van der Waals surface area contributed by atoms with Gasteiger partial charge in [0, 0.05) is 42.5 Å². The Morgan fingerprint density at radius 3 is 2.59 bits per heavy atom.